The minimum atomic E-state index is -0.560. The summed E-state index contributed by atoms with van der Waals surface area (Å²) in [5.41, 5.74) is 6.48. The van der Waals surface area contributed by atoms with Crippen molar-refractivity contribution in [1.29, 1.82) is 0 Å². The largest absolute Gasteiger partial charge is 0.618 e. The van der Waals surface area contributed by atoms with Crippen molar-refractivity contribution in [3.05, 3.63) is 34.3 Å². The van der Waals surface area contributed by atoms with Gasteiger partial charge in [0.1, 0.15) is 5.56 Å². The van der Waals surface area contributed by atoms with E-state index < -0.39 is 5.91 Å². The van der Waals surface area contributed by atoms with Gasteiger partial charge in [-0.2, -0.15) is 4.73 Å². The van der Waals surface area contributed by atoms with E-state index in [9.17, 15) is 10.0 Å². The fourth-order valence-electron chi connectivity index (χ4n) is 1.14. The molecule has 0 aliphatic carbocycles. The van der Waals surface area contributed by atoms with Gasteiger partial charge < -0.3 is 10.9 Å². The second-order valence-corrected chi connectivity index (χ2v) is 2.65. The molecule has 0 saturated heterocycles. The van der Waals surface area contributed by atoms with Gasteiger partial charge in [-0.15, -0.1) is 0 Å². The zero-order chi connectivity index (χ0) is 9.30. The standard InChI is InChI=1S/C8H10N2O2/c1-5-3-4-10(12)6(2)7(5)8(9)11/h3-4H,1-2H3,(H2,9,11). The van der Waals surface area contributed by atoms with Crippen molar-refractivity contribution in [2.45, 2.75) is 13.8 Å². The van der Waals surface area contributed by atoms with E-state index in [2.05, 4.69) is 0 Å². The van der Waals surface area contributed by atoms with Gasteiger partial charge in [0, 0.05) is 13.0 Å². The van der Waals surface area contributed by atoms with Crippen LogP contribution in [0.1, 0.15) is 21.6 Å². The van der Waals surface area contributed by atoms with Crippen molar-refractivity contribution in [3.63, 3.8) is 0 Å². The summed E-state index contributed by atoms with van der Waals surface area (Å²) in [4.78, 5) is 10.9. The summed E-state index contributed by atoms with van der Waals surface area (Å²) in [6, 6.07) is 1.57. The van der Waals surface area contributed by atoms with Gasteiger partial charge in [-0.3, -0.25) is 4.79 Å². The summed E-state index contributed by atoms with van der Waals surface area (Å²) >= 11 is 0. The molecule has 2 N–H and O–H groups in total. The van der Waals surface area contributed by atoms with Crippen LogP contribution in [-0.4, -0.2) is 5.91 Å². The third-order valence-electron chi connectivity index (χ3n) is 1.79. The predicted molar refractivity (Wildman–Crippen MR) is 43.4 cm³/mol. The van der Waals surface area contributed by atoms with E-state index >= 15 is 0 Å². The number of amides is 1. The van der Waals surface area contributed by atoms with Gasteiger partial charge in [0.25, 0.3) is 5.91 Å². The molecule has 0 spiro atoms. The normalized spacial score (nSPS) is 9.83. The summed E-state index contributed by atoms with van der Waals surface area (Å²) in [7, 11) is 0. The Morgan fingerprint density at radius 1 is 1.58 bits per heavy atom. The van der Waals surface area contributed by atoms with Crippen LogP contribution >= 0.6 is 0 Å². The molecular weight excluding hydrogens is 156 g/mol. The Morgan fingerprint density at radius 2 is 2.17 bits per heavy atom. The molecule has 0 radical (unpaired) electrons. The lowest BCUT2D eigenvalue weighted by Crippen LogP contribution is -2.33. The summed E-state index contributed by atoms with van der Waals surface area (Å²) in [5, 5.41) is 11.0. The second-order valence-electron chi connectivity index (χ2n) is 2.65. The van der Waals surface area contributed by atoms with Crippen LogP contribution < -0.4 is 10.5 Å². The van der Waals surface area contributed by atoms with Gasteiger partial charge >= 0.3 is 0 Å². The molecule has 0 unspecified atom stereocenters. The molecule has 4 heteroatoms. The molecule has 1 aromatic heterocycles. The highest BCUT2D eigenvalue weighted by Gasteiger charge is 2.14. The molecule has 0 fully saturated rings. The average Bonchev–Trinajstić information content (AvgIpc) is 1.97. The number of rotatable bonds is 1. The highest BCUT2D eigenvalue weighted by atomic mass is 16.5. The molecule has 1 rings (SSSR count). The Morgan fingerprint density at radius 3 is 2.58 bits per heavy atom. The predicted octanol–water partition coefficient (Wildman–Crippen LogP) is 0.0357. The Balaban J connectivity index is 3.43. The number of carbonyl (C=O) groups excluding carboxylic acids is 1. The fourth-order valence-corrected chi connectivity index (χ4v) is 1.14. The number of hydrogen-bond donors (Lipinski definition) is 1. The number of primary amides is 1. The van der Waals surface area contributed by atoms with Gasteiger partial charge in [-0.05, 0) is 12.5 Å². The van der Waals surface area contributed by atoms with E-state index in [1.165, 1.54) is 6.20 Å². The van der Waals surface area contributed by atoms with Crippen molar-refractivity contribution >= 4 is 5.91 Å². The Hall–Kier alpha value is -1.58. The van der Waals surface area contributed by atoms with Gasteiger partial charge in [0.05, 0.1) is 0 Å². The number of nitrogens with two attached hydrogens (primary N) is 1. The molecule has 0 saturated carbocycles. The van der Waals surface area contributed by atoms with Crippen LogP contribution in [0, 0.1) is 19.1 Å². The number of hydrogen-bond acceptors (Lipinski definition) is 2. The molecule has 0 aliphatic heterocycles. The monoisotopic (exact) mass is 166 g/mol. The summed E-state index contributed by atoms with van der Waals surface area (Å²) < 4.78 is 0.632. The number of nitrogens with zero attached hydrogens (tertiary/aromatic N) is 1. The van der Waals surface area contributed by atoms with Gasteiger partial charge in [0.2, 0.25) is 5.69 Å². The maximum absolute atomic E-state index is 11.0. The first-order valence-corrected chi connectivity index (χ1v) is 3.53. The van der Waals surface area contributed by atoms with Crippen molar-refractivity contribution in [2.24, 2.45) is 5.73 Å². The van der Waals surface area contributed by atoms with E-state index in [0.717, 1.165) is 5.56 Å². The number of aromatic nitrogens is 1. The lowest BCUT2D eigenvalue weighted by molar-refractivity contribution is -0.612. The fraction of sp³-hybridized carbons (Fsp3) is 0.250. The molecule has 0 atom stereocenters. The molecule has 1 heterocycles. The maximum atomic E-state index is 11.0. The van der Waals surface area contributed by atoms with Crippen LogP contribution in [0.4, 0.5) is 0 Å². The molecule has 0 aromatic carbocycles. The summed E-state index contributed by atoms with van der Waals surface area (Å²) in [6.07, 6.45) is 1.36. The van der Waals surface area contributed by atoms with Gasteiger partial charge in [-0.25, -0.2) is 0 Å². The topological polar surface area (TPSA) is 70.0 Å². The van der Waals surface area contributed by atoms with Crippen molar-refractivity contribution < 1.29 is 9.52 Å². The van der Waals surface area contributed by atoms with Crippen LogP contribution in [0.2, 0.25) is 0 Å². The molecule has 0 bridgehead atoms. The molecule has 12 heavy (non-hydrogen) atoms. The van der Waals surface area contributed by atoms with Crippen LogP contribution in [-0.2, 0) is 0 Å². The molecule has 4 nitrogen and oxygen atoms in total. The Bertz CT molecular complexity index is 334. The molecule has 0 aliphatic rings. The molecule has 1 amide bonds. The van der Waals surface area contributed by atoms with Crippen LogP contribution in [0.25, 0.3) is 0 Å². The lowest BCUT2D eigenvalue weighted by atomic mass is 10.1. The second kappa shape index (κ2) is 2.81. The molecular formula is C8H10N2O2. The highest BCUT2D eigenvalue weighted by Crippen LogP contribution is 2.07. The lowest BCUT2D eigenvalue weighted by Gasteiger charge is -2.05. The SMILES string of the molecule is Cc1cc[n+]([O-])c(C)c1C(N)=O. The average molecular weight is 166 g/mol. The van der Waals surface area contributed by atoms with Crippen molar-refractivity contribution in [1.82, 2.24) is 0 Å². The zero-order valence-corrected chi connectivity index (χ0v) is 7.00. The van der Waals surface area contributed by atoms with E-state index in [-0.39, 0.29) is 0 Å². The number of pyridine rings is 1. The first-order chi connectivity index (χ1) is 5.54. The quantitative estimate of drug-likeness (QED) is 0.472. The van der Waals surface area contributed by atoms with Crippen LogP contribution in [0.15, 0.2) is 12.3 Å². The van der Waals surface area contributed by atoms with E-state index in [4.69, 9.17) is 5.73 Å². The Labute approximate surface area is 70.2 Å². The van der Waals surface area contributed by atoms with Gasteiger partial charge in [0.15, 0.2) is 6.20 Å². The minimum absolute atomic E-state index is 0.313. The van der Waals surface area contributed by atoms with Gasteiger partial charge in [-0.1, -0.05) is 0 Å². The zero-order valence-electron chi connectivity index (χ0n) is 7.00. The highest BCUT2D eigenvalue weighted by molar-refractivity contribution is 5.94. The van der Waals surface area contributed by atoms with E-state index in [1.807, 2.05) is 0 Å². The number of carbonyl (C=O) groups is 1. The van der Waals surface area contributed by atoms with Crippen LogP contribution in [0.3, 0.4) is 0 Å². The smallest absolute Gasteiger partial charge is 0.255 e. The van der Waals surface area contributed by atoms with Crippen molar-refractivity contribution in [3.8, 4) is 0 Å². The minimum Gasteiger partial charge on any atom is -0.618 e. The van der Waals surface area contributed by atoms with E-state index in [0.29, 0.717) is 16.0 Å². The Kier molecular flexibility index (Phi) is 1.99. The third kappa shape index (κ3) is 1.23. The third-order valence-corrected chi connectivity index (χ3v) is 1.79. The van der Waals surface area contributed by atoms with E-state index in [1.54, 1.807) is 19.9 Å². The first kappa shape index (κ1) is 8.52. The maximum Gasteiger partial charge on any atom is 0.255 e. The summed E-state index contributed by atoms with van der Waals surface area (Å²) in [6.45, 7) is 3.31. The van der Waals surface area contributed by atoms with Crippen LogP contribution in [0.5, 0.6) is 0 Å². The molecule has 1 aromatic rings. The van der Waals surface area contributed by atoms with Crippen molar-refractivity contribution in [2.75, 3.05) is 0 Å². The first-order valence-electron chi connectivity index (χ1n) is 3.53. The number of aryl methyl sites for hydroxylation is 1. The molecule has 64 valence electrons. The summed E-state index contributed by atoms with van der Waals surface area (Å²) in [5.74, 6) is -0.560.